The molecule has 0 aliphatic carbocycles. The zero-order valence-corrected chi connectivity index (χ0v) is 11.8. The number of rotatable bonds is 4. The van der Waals surface area contributed by atoms with Gasteiger partial charge < -0.3 is 4.84 Å². The summed E-state index contributed by atoms with van der Waals surface area (Å²) in [6.07, 6.45) is -0.114. The number of likely N-dealkylation sites (tertiary alicyclic amines) is 1. The van der Waals surface area contributed by atoms with Crippen LogP contribution in [-0.4, -0.2) is 46.1 Å². The number of hydrogen-bond donors (Lipinski definition) is 0. The maximum Gasteiger partial charge on any atom is 0.335 e. The molecule has 2 aliphatic rings. The molecule has 2 fully saturated rings. The van der Waals surface area contributed by atoms with Crippen LogP contribution in [0.5, 0.6) is 0 Å². The first-order valence-electron chi connectivity index (χ1n) is 6.73. The highest BCUT2D eigenvalue weighted by Gasteiger charge is 2.39. The van der Waals surface area contributed by atoms with Crippen molar-refractivity contribution >= 4 is 29.6 Å². The van der Waals surface area contributed by atoms with Crippen molar-refractivity contribution in [2.24, 2.45) is 11.8 Å². The number of imide groups is 2. The molecule has 2 aliphatic heterocycles. The van der Waals surface area contributed by atoms with Gasteiger partial charge in [-0.2, -0.15) is 0 Å². The van der Waals surface area contributed by atoms with Crippen LogP contribution in [-0.2, 0) is 28.8 Å². The van der Waals surface area contributed by atoms with Gasteiger partial charge in [0.05, 0.1) is 6.42 Å². The Morgan fingerprint density at radius 2 is 1.62 bits per heavy atom. The monoisotopic (exact) mass is 296 g/mol. The molecule has 8 heteroatoms. The largest absolute Gasteiger partial charge is 0.335 e. The van der Waals surface area contributed by atoms with E-state index in [1.165, 1.54) is 0 Å². The summed E-state index contributed by atoms with van der Waals surface area (Å²) in [5, 5.41) is 0.462. The van der Waals surface area contributed by atoms with Crippen LogP contribution >= 0.6 is 0 Å². The lowest BCUT2D eigenvalue weighted by molar-refractivity contribution is -0.198. The third-order valence-electron chi connectivity index (χ3n) is 3.53. The predicted molar refractivity (Wildman–Crippen MR) is 66.8 cm³/mol. The van der Waals surface area contributed by atoms with Crippen molar-refractivity contribution in [3.63, 3.8) is 0 Å². The molecule has 2 saturated heterocycles. The predicted octanol–water partition coefficient (Wildman–Crippen LogP) is -0.375. The molecule has 0 aromatic rings. The van der Waals surface area contributed by atoms with E-state index in [1.807, 2.05) is 0 Å². The summed E-state index contributed by atoms with van der Waals surface area (Å²) in [4.78, 5) is 63.5. The van der Waals surface area contributed by atoms with Crippen molar-refractivity contribution in [1.82, 2.24) is 9.96 Å². The SMILES string of the molecule is CC1CC(=O)N(CCC(=O)ON2C(=O)CC(C)C2=O)C1=O. The summed E-state index contributed by atoms with van der Waals surface area (Å²) >= 11 is 0. The fraction of sp³-hybridized carbons (Fsp3) is 0.615. The van der Waals surface area contributed by atoms with Crippen LogP contribution in [0, 0.1) is 11.8 Å². The van der Waals surface area contributed by atoms with E-state index in [2.05, 4.69) is 0 Å². The van der Waals surface area contributed by atoms with Crippen LogP contribution in [0.1, 0.15) is 33.1 Å². The molecule has 21 heavy (non-hydrogen) atoms. The van der Waals surface area contributed by atoms with Gasteiger partial charge in [0.1, 0.15) is 0 Å². The number of hydroxylamine groups is 2. The molecular formula is C13H16N2O6. The third-order valence-corrected chi connectivity index (χ3v) is 3.53. The van der Waals surface area contributed by atoms with E-state index >= 15 is 0 Å². The van der Waals surface area contributed by atoms with Gasteiger partial charge in [-0.25, -0.2) is 4.79 Å². The van der Waals surface area contributed by atoms with E-state index < -0.39 is 23.7 Å². The van der Waals surface area contributed by atoms with Crippen LogP contribution < -0.4 is 0 Å². The van der Waals surface area contributed by atoms with Crippen LogP contribution in [0.25, 0.3) is 0 Å². The van der Waals surface area contributed by atoms with Gasteiger partial charge in [-0.15, -0.1) is 5.06 Å². The molecule has 2 unspecified atom stereocenters. The minimum atomic E-state index is -0.828. The van der Waals surface area contributed by atoms with Crippen molar-refractivity contribution in [3.8, 4) is 0 Å². The van der Waals surface area contributed by atoms with E-state index in [1.54, 1.807) is 13.8 Å². The van der Waals surface area contributed by atoms with Crippen LogP contribution in [0.15, 0.2) is 0 Å². The Morgan fingerprint density at radius 3 is 2.10 bits per heavy atom. The minimum absolute atomic E-state index is 0.00667. The molecular weight excluding hydrogens is 280 g/mol. The fourth-order valence-electron chi connectivity index (χ4n) is 2.28. The normalized spacial score (nSPS) is 26.0. The van der Waals surface area contributed by atoms with Crippen LogP contribution in [0.4, 0.5) is 0 Å². The topological polar surface area (TPSA) is 101 Å². The zero-order valence-electron chi connectivity index (χ0n) is 11.8. The molecule has 0 aromatic heterocycles. The standard InChI is InChI=1S/C13H16N2O6/c1-7-5-9(16)14(12(7)19)4-3-11(18)21-15-10(17)6-8(2)13(15)20/h7-8H,3-6H2,1-2H3. The maximum atomic E-state index is 11.7. The zero-order chi connectivity index (χ0) is 15.7. The highest BCUT2D eigenvalue weighted by molar-refractivity contribution is 6.04. The van der Waals surface area contributed by atoms with E-state index in [-0.39, 0.29) is 43.5 Å². The van der Waals surface area contributed by atoms with Crippen molar-refractivity contribution in [3.05, 3.63) is 0 Å². The van der Waals surface area contributed by atoms with Gasteiger partial charge in [-0.1, -0.05) is 13.8 Å². The number of hydrogen-bond acceptors (Lipinski definition) is 6. The van der Waals surface area contributed by atoms with E-state index in [0.717, 1.165) is 4.90 Å². The first-order valence-corrected chi connectivity index (χ1v) is 6.73. The van der Waals surface area contributed by atoms with Crippen molar-refractivity contribution in [1.29, 1.82) is 0 Å². The first-order chi connectivity index (χ1) is 9.81. The molecule has 2 heterocycles. The second-order valence-electron chi connectivity index (χ2n) is 5.33. The summed E-state index contributed by atoms with van der Waals surface area (Å²) < 4.78 is 0. The van der Waals surface area contributed by atoms with Gasteiger partial charge in [-0.05, 0) is 0 Å². The van der Waals surface area contributed by atoms with Gasteiger partial charge in [0, 0.05) is 31.2 Å². The summed E-state index contributed by atoms with van der Waals surface area (Å²) in [7, 11) is 0. The lowest BCUT2D eigenvalue weighted by Gasteiger charge is -2.16. The number of amides is 4. The van der Waals surface area contributed by atoms with Crippen molar-refractivity contribution in [2.45, 2.75) is 33.1 Å². The van der Waals surface area contributed by atoms with Crippen LogP contribution in [0.2, 0.25) is 0 Å². The van der Waals surface area contributed by atoms with Crippen molar-refractivity contribution in [2.75, 3.05) is 6.54 Å². The molecule has 114 valence electrons. The molecule has 0 aromatic carbocycles. The average molecular weight is 296 g/mol. The highest BCUT2D eigenvalue weighted by atomic mass is 16.7. The lowest BCUT2D eigenvalue weighted by Crippen LogP contribution is -2.36. The van der Waals surface area contributed by atoms with Gasteiger partial charge in [0.2, 0.25) is 11.8 Å². The quantitative estimate of drug-likeness (QED) is 0.656. The molecule has 0 spiro atoms. The van der Waals surface area contributed by atoms with E-state index in [9.17, 15) is 24.0 Å². The van der Waals surface area contributed by atoms with Gasteiger partial charge >= 0.3 is 5.97 Å². The smallest absolute Gasteiger partial charge is 0.330 e. The third kappa shape index (κ3) is 2.93. The number of carbonyl (C=O) groups excluding carboxylic acids is 5. The molecule has 0 N–H and O–H groups in total. The molecule has 0 radical (unpaired) electrons. The molecule has 2 rings (SSSR count). The van der Waals surface area contributed by atoms with Gasteiger partial charge in [-0.3, -0.25) is 24.1 Å². The Bertz CT molecular complexity index is 529. The summed E-state index contributed by atoms with van der Waals surface area (Å²) in [6.45, 7) is 3.10. The fourth-order valence-corrected chi connectivity index (χ4v) is 2.28. The van der Waals surface area contributed by atoms with E-state index in [0.29, 0.717) is 5.06 Å². The Labute approximate surface area is 121 Å². The summed E-state index contributed by atoms with van der Waals surface area (Å²) in [5.74, 6) is -3.50. The van der Waals surface area contributed by atoms with Gasteiger partial charge in [0.25, 0.3) is 11.8 Å². The molecule has 2 atom stereocenters. The minimum Gasteiger partial charge on any atom is -0.330 e. The van der Waals surface area contributed by atoms with Gasteiger partial charge in [0.15, 0.2) is 0 Å². The second kappa shape index (κ2) is 5.63. The Kier molecular flexibility index (Phi) is 4.06. The number of nitrogens with zero attached hydrogens (tertiary/aromatic N) is 2. The molecule has 0 bridgehead atoms. The molecule has 8 nitrogen and oxygen atoms in total. The first kappa shape index (κ1) is 15.1. The highest BCUT2D eigenvalue weighted by Crippen LogP contribution is 2.21. The summed E-state index contributed by atoms with van der Waals surface area (Å²) in [5.41, 5.74) is 0. The second-order valence-corrected chi connectivity index (χ2v) is 5.33. The summed E-state index contributed by atoms with van der Waals surface area (Å²) in [6, 6.07) is 0. The van der Waals surface area contributed by atoms with Crippen LogP contribution in [0.3, 0.4) is 0 Å². The molecule has 4 amide bonds. The maximum absolute atomic E-state index is 11.7. The average Bonchev–Trinajstić information content (AvgIpc) is 2.79. The number of carbonyl (C=O) groups is 5. The Morgan fingerprint density at radius 1 is 1.05 bits per heavy atom. The lowest BCUT2D eigenvalue weighted by atomic mass is 10.1. The Hall–Kier alpha value is -2.25. The molecule has 0 saturated carbocycles. The van der Waals surface area contributed by atoms with Crippen molar-refractivity contribution < 1.29 is 28.8 Å². The van der Waals surface area contributed by atoms with E-state index in [4.69, 9.17) is 4.84 Å². The Balaban J connectivity index is 1.86.